The highest BCUT2D eigenvalue weighted by molar-refractivity contribution is 5.81. The molecule has 5 heteroatoms. The Hall–Kier alpha value is -1.59. The number of hydrogen-bond donors (Lipinski definition) is 2. The molecule has 1 aliphatic rings. The minimum absolute atomic E-state index is 0.0384. The van der Waals surface area contributed by atoms with Crippen LogP contribution in [0.1, 0.15) is 38.7 Å². The van der Waals surface area contributed by atoms with Crippen LogP contribution in [0.5, 0.6) is 0 Å². The second-order valence-electron chi connectivity index (χ2n) is 6.87. The molecule has 0 saturated carbocycles. The maximum absolute atomic E-state index is 12.7. The van der Waals surface area contributed by atoms with Gasteiger partial charge in [0.05, 0.1) is 23.7 Å². The Morgan fingerprint density at radius 1 is 1.36 bits per heavy atom. The Kier molecular flexibility index (Phi) is 3.87. The van der Waals surface area contributed by atoms with Gasteiger partial charge in [-0.1, -0.05) is 26.0 Å². The number of hydrogen-bond acceptors (Lipinski definition) is 3. The molecule has 120 valence electrons. The molecule has 0 saturated heterocycles. The summed E-state index contributed by atoms with van der Waals surface area (Å²) < 4.78 is 3.70. The number of rotatable bonds is 5. The Morgan fingerprint density at radius 2 is 2.14 bits per heavy atom. The van der Waals surface area contributed by atoms with Crippen molar-refractivity contribution in [3.8, 4) is 0 Å². The number of imidazole rings is 1. The Morgan fingerprint density at radius 3 is 2.86 bits per heavy atom. The Labute approximate surface area is 129 Å². The smallest absolute Gasteiger partial charge is 0.329 e. The second-order valence-corrected chi connectivity index (χ2v) is 6.87. The van der Waals surface area contributed by atoms with Crippen molar-refractivity contribution in [2.24, 2.45) is 0 Å². The van der Waals surface area contributed by atoms with Crippen LogP contribution in [0.2, 0.25) is 0 Å². The molecule has 2 aromatic rings. The number of aromatic nitrogens is 2. The third kappa shape index (κ3) is 2.38. The Bertz CT molecular complexity index is 742. The summed E-state index contributed by atoms with van der Waals surface area (Å²) in [6, 6.07) is 6.14. The lowest BCUT2D eigenvalue weighted by atomic mass is 9.79. The van der Waals surface area contributed by atoms with Gasteiger partial charge in [0.1, 0.15) is 0 Å². The van der Waals surface area contributed by atoms with Crippen LogP contribution < -0.4 is 5.69 Å². The predicted octanol–water partition coefficient (Wildman–Crippen LogP) is 1.62. The predicted molar refractivity (Wildman–Crippen MR) is 86.2 cm³/mol. The van der Waals surface area contributed by atoms with Crippen LogP contribution >= 0.6 is 0 Å². The van der Waals surface area contributed by atoms with Crippen LogP contribution in [0.15, 0.2) is 23.0 Å². The van der Waals surface area contributed by atoms with Crippen LogP contribution in [-0.4, -0.2) is 32.1 Å². The van der Waals surface area contributed by atoms with E-state index in [1.807, 2.05) is 21.3 Å². The first-order valence-corrected chi connectivity index (χ1v) is 7.97. The lowest BCUT2D eigenvalue weighted by Gasteiger charge is -2.30. The van der Waals surface area contributed by atoms with Crippen molar-refractivity contribution in [1.82, 2.24) is 9.13 Å². The fourth-order valence-electron chi connectivity index (χ4n) is 3.45. The average Bonchev–Trinajstić information content (AvgIpc) is 2.77. The molecule has 22 heavy (non-hydrogen) atoms. The third-order valence-corrected chi connectivity index (χ3v) is 4.86. The van der Waals surface area contributed by atoms with Gasteiger partial charge < -0.3 is 10.2 Å². The van der Waals surface area contributed by atoms with E-state index in [4.69, 9.17) is 5.11 Å². The van der Waals surface area contributed by atoms with Gasteiger partial charge in [-0.3, -0.25) is 9.13 Å². The molecule has 1 aliphatic heterocycles. The summed E-state index contributed by atoms with van der Waals surface area (Å²) in [5, 5.41) is 18.3. The van der Waals surface area contributed by atoms with Crippen LogP contribution in [0.25, 0.3) is 11.0 Å². The number of aryl methyl sites for hydroxylation is 2. The first kappa shape index (κ1) is 15.3. The molecule has 1 atom stereocenters. The molecule has 5 nitrogen and oxygen atoms in total. The Balaban J connectivity index is 2.01. The maximum Gasteiger partial charge on any atom is 0.329 e. The van der Waals surface area contributed by atoms with Crippen LogP contribution in [0.3, 0.4) is 0 Å². The fraction of sp³-hybridized carbons (Fsp3) is 0.588. The first-order chi connectivity index (χ1) is 10.5. The zero-order valence-corrected chi connectivity index (χ0v) is 13.2. The number of benzene rings is 1. The molecule has 3 rings (SSSR count). The van der Waals surface area contributed by atoms with E-state index in [-0.39, 0.29) is 17.7 Å². The molecule has 1 unspecified atom stereocenters. The lowest BCUT2D eigenvalue weighted by molar-refractivity contribution is 0.0856. The van der Waals surface area contributed by atoms with E-state index in [0.29, 0.717) is 19.4 Å². The maximum atomic E-state index is 12.7. The average molecular weight is 304 g/mol. The molecule has 0 bridgehead atoms. The molecular formula is C17H24N2O3. The van der Waals surface area contributed by atoms with Gasteiger partial charge in [0.15, 0.2) is 0 Å². The third-order valence-electron chi connectivity index (χ3n) is 4.86. The molecule has 0 spiro atoms. The fourth-order valence-corrected chi connectivity index (χ4v) is 3.45. The zero-order chi connectivity index (χ0) is 15.9. The van der Waals surface area contributed by atoms with Gasteiger partial charge in [-0.2, -0.15) is 0 Å². The number of aliphatic hydroxyl groups is 2. The van der Waals surface area contributed by atoms with Crippen molar-refractivity contribution < 1.29 is 10.2 Å². The molecule has 1 aromatic carbocycles. The molecule has 0 aliphatic carbocycles. The van der Waals surface area contributed by atoms with Gasteiger partial charge in [-0.15, -0.1) is 0 Å². The van der Waals surface area contributed by atoms with Crippen molar-refractivity contribution in [2.75, 3.05) is 6.61 Å². The molecular weight excluding hydrogens is 280 g/mol. The highest BCUT2D eigenvalue weighted by Gasteiger charge is 2.30. The zero-order valence-electron chi connectivity index (χ0n) is 13.2. The van der Waals surface area contributed by atoms with E-state index in [0.717, 1.165) is 24.0 Å². The summed E-state index contributed by atoms with van der Waals surface area (Å²) in [7, 11) is 0. The molecule has 0 amide bonds. The van der Waals surface area contributed by atoms with E-state index in [1.165, 1.54) is 5.56 Å². The van der Waals surface area contributed by atoms with Crippen LogP contribution in [0, 0.1) is 0 Å². The number of para-hydroxylation sites is 1. The van der Waals surface area contributed by atoms with Crippen LogP contribution in [0.4, 0.5) is 0 Å². The standard InChI is InChI=1S/C17H24N2O3/c1-17(2)8-10-19-15-13(17)6-3-7-14(15)18(16(19)22)9-4-5-12(21)11-20/h3,6-7,12,20-21H,4-5,8-11H2,1-2H3. The van der Waals surface area contributed by atoms with E-state index in [9.17, 15) is 9.90 Å². The van der Waals surface area contributed by atoms with E-state index in [1.54, 1.807) is 0 Å². The molecule has 1 aromatic heterocycles. The molecule has 2 N–H and O–H groups in total. The summed E-state index contributed by atoms with van der Waals surface area (Å²) in [4.78, 5) is 12.7. The van der Waals surface area contributed by atoms with Gasteiger partial charge >= 0.3 is 5.69 Å². The summed E-state index contributed by atoms with van der Waals surface area (Å²) in [6.45, 7) is 5.55. The van der Waals surface area contributed by atoms with E-state index < -0.39 is 6.10 Å². The quantitative estimate of drug-likeness (QED) is 0.882. The topological polar surface area (TPSA) is 67.4 Å². The summed E-state index contributed by atoms with van der Waals surface area (Å²) in [6.07, 6.45) is 1.44. The minimum atomic E-state index is -0.700. The van der Waals surface area contributed by atoms with Gasteiger partial charge in [0.25, 0.3) is 0 Å². The largest absolute Gasteiger partial charge is 0.394 e. The minimum Gasteiger partial charge on any atom is -0.394 e. The van der Waals surface area contributed by atoms with Crippen molar-refractivity contribution in [1.29, 1.82) is 0 Å². The van der Waals surface area contributed by atoms with Crippen molar-refractivity contribution in [3.05, 3.63) is 34.2 Å². The monoisotopic (exact) mass is 304 g/mol. The van der Waals surface area contributed by atoms with Gasteiger partial charge in [-0.25, -0.2) is 4.79 Å². The SMILES string of the molecule is CC1(C)CCn2c(=O)n(CCCC(O)CO)c3cccc1c32. The summed E-state index contributed by atoms with van der Waals surface area (Å²) in [5.41, 5.74) is 3.41. The molecule has 2 heterocycles. The van der Waals surface area contributed by atoms with Crippen molar-refractivity contribution in [3.63, 3.8) is 0 Å². The molecule has 0 radical (unpaired) electrons. The molecule has 0 fully saturated rings. The summed E-state index contributed by atoms with van der Waals surface area (Å²) >= 11 is 0. The van der Waals surface area contributed by atoms with Gasteiger partial charge in [-0.05, 0) is 36.3 Å². The first-order valence-electron chi connectivity index (χ1n) is 7.97. The second kappa shape index (κ2) is 5.56. The normalized spacial score (nSPS) is 17.8. The van der Waals surface area contributed by atoms with E-state index >= 15 is 0 Å². The van der Waals surface area contributed by atoms with Crippen molar-refractivity contribution in [2.45, 2.75) is 57.7 Å². The van der Waals surface area contributed by atoms with E-state index in [2.05, 4.69) is 19.9 Å². The number of aliphatic hydroxyl groups excluding tert-OH is 2. The van der Waals surface area contributed by atoms with Crippen molar-refractivity contribution >= 4 is 11.0 Å². The number of nitrogens with zero attached hydrogens (tertiary/aromatic N) is 2. The summed E-state index contributed by atoms with van der Waals surface area (Å²) in [5.74, 6) is 0. The highest BCUT2D eigenvalue weighted by atomic mass is 16.3. The highest BCUT2D eigenvalue weighted by Crippen LogP contribution is 2.36. The lowest BCUT2D eigenvalue weighted by Crippen LogP contribution is -2.31. The van der Waals surface area contributed by atoms with Gasteiger partial charge in [0.2, 0.25) is 0 Å². The van der Waals surface area contributed by atoms with Gasteiger partial charge in [0, 0.05) is 13.1 Å². The van der Waals surface area contributed by atoms with Crippen LogP contribution in [-0.2, 0) is 18.5 Å².